The lowest BCUT2D eigenvalue weighted by Crippen LogP contribution is -2.29. The number of anilines is 1. The van der Waals surface area contributed by atoms with Crippen molar-refractivity contribution in [3.63, 3.8) is 0 Å². The van der Waals surface area contributed by atoms with Crippen molar-refractivity contribution in [2.24, 2.45) is 0 Å². The van der Waals surface area contributed by atoms with Gasteiger partial charge in [0.25, 0.3) is 0 Å². The molecule has 20 heavy (non-hydrogen) atoms. The molecule has 0 radical (unpaired) electrons. The van der Waals surface area contributed by atoms with Gasteiger partial charge in [0, 0.05) is 35.0 Å². The molecule has 3 N–H and O–H groups in total. The molecule has 8 heteroatoms. The zero-order valence-electron chi connectivity index (χ0n) is 11.2. The minimum atomic E-state index is -3.71. The molecule has 112 valence electrons. The maximum Gasteiger partial charge on any atom is 0.244 e. The predicted molar refractivity (Wildman–Crippen MR) is 78.8 cm³/mol. The highest BCUT2D eigenvalue weighted by molar-refractivity contribution is 7.89. The largest absolute Gasteiger partial charge is 0.492 e. The SMILES string of the molecule is CS(=O)CCNS(=O)(=O)c1cc(N)cc2c1OCCC2. The Labute approximate surface area is 121 Å². The lowest BCUT2D eigenvalue weighted by Gasteiger charge is -2.21. The fourth-order valence-electron chi connectivity index (χ4n) is 2.07. The number of fused-ring (bicyclic) bond motifs is 1. The van der Waals surface area contributed by atoms with E-state index in [0.717, 1.165) is 18.4 Å². The first-order valence-corrected chi connectivity index (χ1v) is 9.46. The second kappa shape index (κ2) is 6.11. The molecule has 1 aliphatic rings. The zero-order valence-corrected chi connectivity index (χ0v) is 12.9. The number of benzene rings is 1. The van der Waals surface area contributed by atoms with Crippen molar-refractivity contribution in [2.45, 2.75) is 17.7 Å². The maximum atomic E-state index is 12.3. The molecule has 0 fully saturated rings. The second-order valence-corrected chi connectivity index (χ2v) is 7.92. The lowest BCUT2D eigenvalue weighted by atomic mass is 10.1. The molecule has 1 heterocycles. The van der Waals surface area contributed by atoms with Crippen molar-refractivity contribution in [3.05, 3.63) is 17.7 Å². The Hall–Kier alpha value is -1.12. The van der Waals surface area contributed by atoms with Crippen LogP contribution >= 0.6 is 0 Å². The van der Waals surface area contributed by atoms with E-state index < -0.39 is 20.8 Å². The summed E-state index contributed by atoms with van der Waals surface area (Å²) >= 11 is 0. The topological polar surface area (TPSA) is 98.5 Å². The summed E-state index contributed by atoms with van der Waals surface area (Å²) in [6, 6.07) is 3.14. The summed E-state index contributed by atoms with van der Waals surface area (Å²) in [5.41, 5.74) is 6.97. The zero-order chi connectivity index (χ0) is 14.8. The van der Waals surface area contributed by atoms with Gasteiger partial charge in [0.2, 0.25) is 10.0 Å². The van der Waals surface area contributed by atoms with Crippen LogP contribution in [0.15, 0.2) is 17.0 Å². The number of nitrogen functional groups attached to an aromatic ring is 1. The van der Waals surface area contributed by atoms with Crippen molar-refractivity contribution >= 4 is 26.5 Å². The highest BCUT2D eigenvalue weighted by atomic mass is 32.2. The summed E-state index contributed by atoms with van der Waals surface area (Å²) in [5, 5.41) is 0. The van der Waals surface area contributed by atoms with Crippen LogP contribution in [-0.4, -0.2) is 37.8 Å². The molecule has 6 nitrogen and oxygen atoms in total. The fourth-order valence-corrected chi connectivity index (χ4v) is 3.84. The molecule has 1 unspecified atom stereocenters. The second-order valence-electron chi connectivity index (χ2n) is 4.63. The fraction of sp³-hybridized carbons (Fsp3) is 0.500. The first-order valence-electron chi connectivity index (χ1n) is 6.25. The average molecular weight is 318 g/mol. The van der Waals surface area contributed by atoms with E-state index in [-0.39, 0.29) is 17.2 Å². The quantitative estimate of drug-likeness (QED) is 0.758. The third-order valence-corrected chi connectivity index (χ3v) is 5.21. The number of ether oxygens (including phenoxy) is 1. The molecule has 0 aromatic heterocycles. The molecule has 1 aliphatic heterocycles. The number of hydrogen-bond donors (Lipinski definition) is 2. The van der Waals surface area contributed by atoms with E-state index >= 15 is 0 Å². The van der Waals surface area contributed by atoms with E-state index in [9.17, 15) is 12.6 Å². The van der Waals surface area contributed by atoms with Crippen molar-refractivity contribution in [2.75, 3.05) is 30.9 Å². The van der Waals surface area contributed by atoms with E-state index in [1.807, 2.05) is 0 Å². The van der Waals surface area contributed by atoms with Gasteiger partial charge in [-0.1, -0.05) is 0 Å². The van der Waals surface area contributed by atoms with Gasteiger partial charge in [-0.25, -0.2) is 13.1 Å². The molecule has 1 atom stereocenters. The number of aryl methyl sites for hydroxylation is 1. The van der Waals surface area contributed by atoms with Crippen LogP contribution in [0, 0.1) is 0 Å². The number of rotatable bonds is 5. The third kappa shape index (κ3) is 3.50. The molecule has 1 aromatic rings. The maximum absolute atomic E-state index is 12.3. The van der Waals surface area contributed by atoms with Crippen LogP contribution in [0.1, 0.15) is 12.0 Å². The number of sulfonamides is 1. The lowest BCUT2D eigenvalue weighted by molar-refractivity contribution is 0.280. The van der Waals surface area contributed by atoms with Crippen molar-refractivity contribution in [1.82, 2.24) is 4.72 Å². The third-order valence-electron chi connectivity index (χ3n) is 2.96. The Morgan fingerprint density at radius 2 is 2.20 bits per heavy atom. The van der Waals surface area contributed by atoms with E-state index in [0.29, 0.717) is 18.0 Å². The van der Waals surface area contributed by atoms with Crippen LogP contribution in [0.4, 0.5) is 5.69 Å². The van der Waals surface area contributed by atoms with Crippen molar-refractivity contribution < 1.29 is 17.4 Å². The van der Waals surface area contributed by atoms with Gasteiger partial charge >= 0.3 is 0 Å². The number of nitrogens with two attached hydrogens (primary N) is 1. The number of nitrogens with one attached hydrogen (secondary N) is 1. The summed E-state index contributed by atoms with van der Waals surface area (Å²) < 4.78 is 43.5. The van der Waals surface area contributed by atoms with Gasteiger partial charge in [0.1, 0.15) is 10.6 Å². The van der Waals surface area contributed by atoms with E-state index in [4.69, 9.17) is 10.5 Å². The summed E-state index contributed by atoms with van der Waals surface area (Å²) in [6.45, 7) is 0.618. The molecule has 0 saturated heterocycles. The van der Waals surface area contributed by atoms with Gasteiger partial charge in [0.15, 0.2) is 0 Å². The molecule has 0 bridgehead atoms. The van der Waals surface area contributed by atoms with Crippen molar-refractivity contribution in [1.29, 1.82) is 0 Å². The molecule has 2 rings (SSSR count). The molecule has 0 aliphatic carbocycles. The summed E-state index contributed by atoms with van der Waals surface area (Å²) in [4.78, 5) is 0.0640. The molecule has 0 saturated carbocycles. The Kier molecular flexibility index (Phi) is 4.66. The Balaban J connectivity index is 2.31. The van der Waals surface area contributed by atoms with Crippen LogP contribution in [-0.2, 0) is 27.2 Å². The summed E-state index contributed by atoms with van der Waals surface area (Å²) in [5.74, 6) is 0.653. The molecule has 1 aromatic carbocycles. The van der Waals surface area contributed by atoms with Crippen LogP contribution in [0.3, 0.4) is 0 Å². The molecular formula is C12H18N2O4S2. The Morgan fingerprint density at radius 1 is 1.45 bits per heavy atom. The Morgan fingerprint density at radius 3 is 2.90 bits per heavy atom. The average Bonchev–Trinajstić information content (AvgIpc) is 2.37. The minimum absolute atomic E-state index is 0.0640. The first-order chi connectivity index (χ1) is 9.40. The highest BCUT2D eigenvalue weighted by Gasteiger charge is 2.24. The normalized spacial score (nSPS) is 16.2. The van der Waals surface area contributed by atoms with Gasteiger partial charge in [-0.05, 0) is 30.5 Å². The van der Waals surface area contributed by atoms with Gasteiger partial charge in [-0.15, -0.1) is 0 Å². The minimum Gasteiger partial charge on any atom is -0.492 e. The van der Waals surface area contributed by atoms with E-state index in [1.165, 1.54) is 12.3 Å². The summed E-state index contributed by atoms with van der Waals surface area (Å²) in [7, 11) is -4.76. The van der Waals surface area contributed by atoms with Crippen LogP contribution in [0.2, 0.25) is 0 Å². The van der Waals surface area contributed by atoms with Crippen LogP contribution < -0.4 is 15.2 Å². The predicted octanol–water partition coefficient (Wildman–Crippen LogP) is 0.251. The van der Waals surface area contributed by atoms with Crippen molar-refractivity contribution in [3.8, 4) is 5.75 Å². The van der Waals surface area contributed by atoms with Crippen LogP contribution in [0.5, 0.6) is 5.75 Å². The molecular weight excluding hydrogens is 300 g/mol. The van der Waals surface area contributed by atoms with E-state index in [2.05, 4.69) is 4.72 Å². The van der Waals surface area contributed by atoms with Gasteiger partial charge in [-0.3, -0.25) is 4.21 Å². The monoisotopic (exact) mass is 318 g/mol. The van der Waals surface area contributed by atoms with Gasteiger partial charge in [0.05, 0.1) is 6.61 Å². The molecule has 0 spiro atoms. The summed E-state index contributed by atoms with van der Waals surface area (Å²) in [6.07, 6.45) is 3.12. The Bertz CT molecular complexity index is 629. The first kappa shape index (κ1) is 15.3. The smallest absolute Gasteiger partial charge is 0.244 e. The standard InChI is InChI=1S/C12H18N2O4S2/c1-19(15)6-4-14-20(16,17)11-8-10(13)7-9-3-2-5-18-12(9)11/h7-8,14H,2-6,13H2,1H3. The number of hydrogen-bond acceptors (Lipinski definition) is 5. The van der Waals surface area contributed by atoms with Gasteiger partial charge in [-0.2, -0.15) is 0 Å². The van der Waals surface area contributed by atoms with Gasteiger partial charge < -0.3 is 10.5 Å². The van der Waals surface area contributed by atoms with Crippen LogP contribution in [0.25, 0.3) is 0 Å². The van der Waals surface area contributed by atoms with E-state index in [1.54, 1.807) is 6.07 Å². The highest BCUT2D eigenvalue weighted by Crippen LogP contribution is 2.34. The molecule has 0 amide bonds.